The van der Waals surface area contributed by atoms with Crippen LogP contribution in [0.4, 0.5) is 5.13 Å². The average molecular weight is 360 g/mol. The van der Waals surface area contributed by atoms with Crippen molar-refractivity contribution in [2.45, 2.75) is 6.92 Å². The van der Waals surface area contributed by atoms with Crippen molar-refractivity contribution in [3.05, 3.63) is 58.6 Å². The number of aromatic nitrogens is 2. The van der Waals surface area contributed by atoms with Crippen LogP contribution in [0.15, 0.2) is 42.5 Å². The van der Waals surface area contributed by atoms with E-state index in [4.69, 9.17) is 16.3 Å². The van der Waals surface area contributed by atoms with Gasteiger partial charge in [-0.05, 0) is 25.1 Å². The standard InChI is InChI=1S/C17H14ClN3O2S/c1-10-3-5-11(6-4-10)16-20-21-17(24-16)19-15(22)12-7-8-14(23-2)13(18)9-12/h3-9H,1-2H3,(H,19,21,22). The van der Waals surface area contributed by atoms with Crippen molar-refractivity contribution in [1.82, 2.24) is 10.2 Å². The Labute approximate surface area is 148 Å². The molecule has 0 aliphatic rings. The number of rotatable bonds is 4. The molecule has 2 aromatic carbocycles. The third-order valence-electron chi connectivity index (χ3n) is 3.36. The number of methoxy groups -OCH3 is 1. The van der Waals surface area contributed by atoms with E-state index >= 15 is 0 Å². The first-order valence-electron chi connectivity index (χ1n) is 7.12. The maximum Gasteiger partial charge on any atom is 0.257 e. The zero-order chi connectivity index (χ0) is 17.1. The summed E-state index contributed by atoms with van der Waals surface area (Å²) < 4.78 is 5.07. The number of hydrogen-bond donors (Lipinski definition) is 1. The van der Waals surface area contributed by atoms with Gasteiger partial charge in [0.2, 0.25) is 5.13 Å². The second-order valence-electron chi connectivity index (χ2n) is 5.08. The first-order valence-corrected chi connectivity index (χ1v) is 8.31. The Kier molecular flexibility index (Phi) is 4.78. The predicted octanol–water partition coefficient (Wildman–Crippen LogP) is 4.43. The van der Waals surface area contributed by atoms with E-state index in [-0.39, 0.29) is 5.91 Å². The molecular formula is C17H14ClN3O2S. The number of carbonyl (C=O) groups excluding carboxylic acids is 1. The number of carbonyl (C=O) groups is 1. The van der Waals surface area contributed by atoms with E-state index in [1.807, 2.05) is 31.2 Å². The Morgan fingerprint density at radius 3 is 2.58 bits per heavy atom. The summed E-state index contributed by atoms with van der Waals surface area (Å²) in [6, 6.07) is 12.8. The topological polar surface area (TPSA) is 64.1 Å². The summed E-state index contributed by atoms with van der Waals surface area (Å²) in [5.74, 6) is 0.219. The molecule has 7 heteroatoms. The molecule has 5 nitrogen and oxygen atoms in total. The van der Waals surface area contributed by atoms with Crippen molar-refractivity contribution in [3.8, 4) is 16.3 Å². The van der Waals surface area contributed by atoms with Crippen LogP contribution in [0, 0.1) is 6.92 Å². The molecule has 122 valence electrons. The summed E-state index contributed by atoms with van der Waals surface area (Å²) in [5.41, 5.74) is 2.56. The van der Waals surface area contributed by atoms with Gasteiger partial charge in [-0.2, -0.15) is 0 Å². The number of hydrogen-bond acceptors (Lipinski definition) is 5. The molecule has 0 bridgehead atoms. The van der Waals surface area contributed by atoms with E-state index in [1.165, 1.54) is 24.0 Å². The van der Waals surface area contributed by atoms with Crippen molar-refractivity contribution in [1.29, 1.82) is 0 Å². The highest BCUT2D eigenvalue weighted by molar-refractivity contribution is 7.18. The SMILES string of the molecule is COc1ccc(C(=O)Nc2nnc(-c3ccc(C)cc3)s2)cc1Cl. The number of halogens is 1. The Balaban J connectivity index is 1.75. The van der Waals surface area contributed by atoms with Crippen molar-refractivity contribution >= 4 is 34.0 Å². The molecule has 0 unspecified atom stereocenters. The van der Waals surface area contributed by atoms with Crippen LogP contribution in [0.25, 0.3) is 10.6 Å². The van der Waals surface area contributed by atoms with Crippen LogP contribution >= 0.6 is 22.9 Å². The van der Waals surface area contributed by atoms with Crippen LogP contribution in [-0.4, -0.2) is 23.2 Å². The van der Waals surface area contributed by atoms with Gasteiger partial charge >= 0.3 is 0 Å². The lowest BCUT2D eigenvalue weighted by Gasteiger charge is -2.05. The van der Waals surface area contributed by atoms with Gasteiger partial charge in [-0.3, -0.25) is 10.1 Å². The van der Waals surface area contributed by atoms with E-state index in [2.05, 4.69) is 15.5 Å². The van der Waals surface area contributed by atoms with Crippen molar-refractivity contribution in [2.75, 3.05) is 12.4 Å². The number of ether oxygens (including phenoxy) is 1. The van der Waals surface area contributed by atoms with Gasteiger partial charge in [-0.1, -0.05) is 52.8 Å². The molecule has 1 heterocycles. The highest BCUT2D eigenvalue weighted by atomic mass is 35.5. The number of benzene rings is 2. The molecule has 3 aromatic rings. The Bertz CT molecular complexity index is 878. The summed E-state index contributed by atoms with van der Waals surface area (Å²) in [7, 11) is 1.52. The van der Waals surface area contributed by atoms with Gasteiger partial charge in [0.25, 0.3) is 5.91 Å². The van der Waals surface area contributed by atoms with Gasteiger partial charge in [-0.25, -0.2) is 0 Å². The van der Waals surface area contributed by atoms with Crippen molar-refractivity contribution < 1.29 is 9.53 Å². The number of anilines is 1. The molecular weight excluding hydrogens is 346 g/mol. The zero-order valence-electron chi connectivity index (χ0n) is 13.0. The maximum atomic E-state index is 12.3. The van der Waals surface area contributed by atoms with Gasteiger partial charge in [0.1, 0.15) is 10.8 Å². The highest BCUT2D eigenvalue weighted by Crippen LogP contribution is 2.28. The van der Waals surface area contributed by atoms with Crippen LogP contribution in [-0.2, 0) is 0 Å². The first-order chi connectivity index (χ1) is 11.6. The fourth-order valence-corrected chi connectivity index (χ4v) is 3.07. The molecule has 0 fully saturated rings. The van der Waals surface area contributed by atoms with Crippen molar-refractivity contribution in [2.24, 2.45) is 0 Å². The second kappa shape index (κ2) is 6.98. The van der Waals surface area contributed by atoms with E-state index in [0.29, 0.717) is 21.5 Å². The van der Waals surface area contributed by atoms with Gasteiger partial charge in [0.15, 0.2) is 0 Å². The molecule has 1 N–H and O–H groups in total. The van der Waals surface area contributed by atoms with E-state index in [1.54, 1.807) is 18.2 Å². The van der Waals surface area contributed by atoms with Crippen LogP contribution in [0.1, 0.15) is 15.9 Å². The summed E-state index contributed by atoms with van der Waals surface area (Å²) in [4.78, 5) is 12.3. The van der Waals surface area contributed by atoms with Crippen LogP contribution in [0.3, 0.4) is 0 Å². The number of nitrogens with one attached hydrogen (secondary N) is 1. The van der Waals surface area contributed by atoms with Crippen LogP contribution < -0.4 is 10.1 Å². The Morgan fingerprint density at radius 2 is 1.92 bits per heavy atom. The first kappa shape index (κ1) is 16.4. The molecule has 3 rings (SSSR count). The van der Waals surface area contributed by atoms with Crippen LogP contribution in [0.2, 0.25) is 5.02 Å². The smallest absolute Gasteiger partial charge is 0.257 e. The lowest BCUT2D eigenvalue weighted by Crippen LogP contribution is -2.11. The summed E-state index contributed by atoms with van der Waals surface area (Å²) in [6.45, 7) is 2.02. The lowest BCUT2D eigenvalue weighted by atomic mass is 10.2. The minimum atomic E-state index is -0.300. The second-order valence-corrected chi connectivity index (χ2v) is 6.47. The normalized spacial score (nSPS) is 10.5. The molecule has 0 aliphatic carbocycles. The highest BCUT2D eigenvalue weighted by Gasteiger charge is 2.13. The molecule has 0 saturated heterocycles. The third kappa shape index (κ3) is 3.55. The summed E-state index contributed by atoms with van der Waals surface area (Å²) in [6.07, 6.45) is 0. The zero-order valence-corrected chi connectivity index (χ0v) is 14.6. The summed E-state index contributed by atoms with van der Waals surface area (Å²) >= 11 is 7.36. The molecule has 0 spiro atoms. The monoisotopic (exact) mass is 359 g/mol. The number of amides is 1. The average Bonchev–Trinajstić information content (AvgIpc) is 3.04. The quantitative estimate of drug-likeness (QED) is 0.748. The van der Waals surface area contributed by atoms with E-state index < -0.39 is 0 Å². The predicted molar refractivity (Wildman–Crippen MR) is 96.0 cm³/mol. The fourth-order valence-electron chi connectivity index (χ4n) is 2.06. The Hall–Kier alpha value is -2.44. The summed E-state index contributed by atoms with van der Waals surface area (Å²) in [5, 5.41) is 12.4. The van der Waals surface area contributed by atoms with E-state index in [9.17, 15) is 4.79 Å². The lowest BCUT2D eigenvalue weighted by molar-refractivity contribution is 0.102. The van der Waals surface area contributed by atoms with Crippen molar-refractivity contribution in [3.63, 3.8) is 0 Å². The van der Waals surface area contributed by atoms with Gasteiger partial charge in [-0.15, -0.1) is 10.2 Å². The molecule has 0 radical (unpaired) electrons. The number of aryl methyl sites for hydroxylation is 1. The number of nitrogens with zero attached hydrogens (tertiary/aromatic N) is 2. The van der Waals surface area contributed by atoms with Gasteiger partial charge < -0.3 is 4.74 Å². The molecule has 0 atom stereocenters. The van der Waals surface area contributed by atoms with Gasteiger partial charge in [0, 0.05) is 11.1 Å². The van der Waals surface area contributed by atoms with E-state index in [0.717, 1.165) is 10.6 Å². The minimum Gasteiger partial charge on any atom is -0.495 e. The minimum absolute atomic E-state index is 0.300. The largest absolute Gasteiger partial charge is 0.495 e. The molecule has 0 saturated carbocycles. The maximum absolute atomic E-state index is 12.3. The third-order valence-corrected chi connectivity index (χ3v) is 4.54. The molecule has 1 aromatic heterocycles. The Morgan fingerprint density at radius 1 is 1.17 bits per heavy atom. The van der Waals surface area contributed by atoms with Crippen LogP contribution in [0.5, 0.6) is 5.75 Å². The molecule has 24 heavy (non-hydrogen) atoms. The molecule has 1 amide bonds. The fraction of sp³-hybridized carbons (Fsp3) is 0.118. The molecule has 0 aliphatic heterocycles. The van der Waals surface area contributed by atoms with Gasteiger partial charge in [0.05, 0.1) is 12.1 Å².